The number of anilines is 1. The van der Waals surface area contributed by atoms with E-state index in [1.165, 1.54) is 10.4 Å². The summed E-state index contributed by atoms with van der Waals surface area (Å²) in [4.78, 5) is 32.2. The summed E-state index contributed by atoms with van der Waals surface area (Å²) in [5, 5.41) is 5.47. The van der Waals surface area contributed by atoms with Crippen LogP contribution in [0.3, 0.4) is 0 Å². The number of hydrogen-bond donors (Lipinski definition) is 2. The van der Waals surface area contributed by atoms with E-state index in [4.69, 9.17) is 30.1 Å². The summed E-state index contributed by atoms with van der Waals surface area (Å²) in [6.45, 7) is 8.59. The van der Waals surface area contributed by atoms with Gasteiger partial charge in [0.2, 0.25) is 5.95 Å². The molecule has 1 fully saturated rings. The molecule has 1 aliphatic heterocycles. The van der Waals surface area contributed by atoms with Gasteiger partial charge in [-0.05, 0) is 39.8 Å². The highest BCUT2D eigenvalue weighted by Crippen LogP contribution is 2.39. The molecule has 0 amide bonds. The topological polar surface area (TPSA) is 107 Å². The van der Waals surface area contributed by atoms with Crippen LogP contribution in [-0.2, 0) is 39.3 Å². The summed E-state index contributed by atoms with van der Waals surface area (Å²) >= 11 is 5.49. The van der Waals surface area contributed by atoms with E-state index in [0.29, 0.717) is 54.4 Å². The van der Waals surface area contributed by atoms with Crippen molar-refractivity contribution >= 4 is 62.1 Å². The van der Waals surface area contributed by atoms with Gasteiger partial charge in [0.25, 0.3) is 13.9 Å². The fourth-order valence-electron chi connectivity index (χ4n) is 6.33. The second-order valence-electron chi connectivity index (χ2n) is 13.1. The number of carbonyl (C=O) groups excluding carboxylic acids is 1. The molecule has 12 heteroatoms. The maximum absolute atomic E-state index is 13.3. The molecule has 0 saturated carbocycles. The third kappa shape index (κ3) is 7.72. The molecule has 2 aromatic heterocycles. The molecular weight excluding hydrogens is 661 g/mol. The molecule has 48 heavy (non-hydrogen) atoms. The normalized spacial score (nSPS) is 18.8. The molecule has 0 aliphatic carbocycles. The Labute approximate surface area is 290 Å². The minimum atomic E-state index is -2.85. The molecule has 254 valence electrons. The lowest BCUT2D eigenvalue weighted by Crippen LogP contribution is -2.67. The Morgan fingerprint density at radius 1 is 1.17 bits per heavy atom. The molecule has 5 rings (SSSR count). The van der Waals surface area contributed by atoms with E-state index < -0.39 is 20.6 Å². The second-order valence-corrected chi connectivity index (χ2v) is 20.4. The van der Waals surface area contributed by atoms with Crippen LogP contribution in [0, 0.1) is 11.8 Å². The van der Waals surface area contributed by atoms with E-state index in [0.717, 1.165) is 0 Å². The zero-order valence-electron chi connectivity index (χ0n) is 28.4. The van der Waals surface area contributed by atoms with Crippen LogP contribution in [0.25, 0.3) is 11.0 Å². The van der Waals surface area contributed by atoms with Gasteiger partial charge in [-0.15, -0.1) is 0 Å². The first-order valence-electron chi connectivity index (χ1n) is 16.1. The lowest BCUT2D eigenvalue weighted by molar-refractivity contribution is -0.116. The van der Waals surface area contributed by atoms with Crippen LogP contribution < -0.4 is 21.2 Å². The number of benzene rings is 2. The number of hydrogen-bond acceptors (Lipinski definition) is 8. The molecule has 9 nitrogen and oxygen atoms in total. The van der Waals surface area contributed by atoms with Crippen molar-refractivity contribution in [2.75, 3.05) is 31.2 Å². The molecule has 0 bridgehead atoms. The van der Waals surface area contributed by atoms with Gasteiger partial charge < -0.3 is 23.8 Å². The Balaban J connectivity index is 1.54. The van der Waals surface area contributed by atoms with Crippen LogP contribution in [0.1, 0.15) is 58.7 Å². The largest absolute Gasteiger partial charge is 0.405 e. The number of aromatic amines is 1. The van der Waals surface area contributed by atoms with Crippen molar-refractivity contribution < 1.29 is 18.7 Å². The Bertz CT molecular complexity index is 1840. The van der Waals surface area contributed by atoms with Gasteiger partial charge in [-0.25, -0.2) is 0 Å². The number of aromatic nitrogens is 3. The van der Waals surface area contributed by atoms with E-state index in [1.807, 2.05) is 29.2 Å². The molecule has 2 aromatic carbocycles. The standard InChI is InChI=1S/C36H44N4O5S2Si/c1-25(41)15-13-14-16-26-22-40(33-32(26)34(42)39-35(37-5)38-33)31-21-29(43-24-47(6)46)30(45-31)23-44-48(36(2,3)4,27-17-9-7-10-18-27)28-19-11-8-12-20-28/h7-12,17-20,22,29-31H,13,15,21,23-24H2,1-6H3,(H2,37,38,39,42)/t29?,30-,31-,47?/m1/s1. The predicted molar refractivity (Wildman–Crippen MR) is 199 cm³/mol. The number of nitrogens with zero attached hydrogens (tertiary/aromatic N) is 2. The minimum absolute atomic E-state index is 0.0654. The van der Waals surface area contributed by atoms with Crippen LogP contribution >= 0.6 is 0 Å². The Hall–Kier alpha value is -3.44. The van der Waals surface area contributed by atoms with Crippen molar-refractivity contribution in [2.24, 2.45) is 0 Å². The van der Waals surface area contributed by atoms with Crippen LogP contribution in [0.2, 0.25) is 5.04 Å². The Morgan fingerprint density at radius 2 is 1.81 bits per heavy atom. The number of H-pyrrole nitrogens is 1. The van der Waals surface area contributed by atoms with Crippen LogP contribution in [0.15, 0.2) is 71.7 Å². The zero-order chi connectivity index (χ0) is 34.5. The van der Waals surface area contributed by atoms with Crippen LogP contribution in [0.5, 0.6) is 0 Å². The quantitative estimate of drug-likeness (QED) is 0.165. The summed E-state index contributed by atoms with van der Waals surface area (Å²) in [6.07, 6.45) is 3.83. The van der Waals surface area contributed by atoms with Gasteiger partial charge in [-0.2, -0.15) is 4.98 Å². The number of carbonyl (C=O) groups is 1. The van der Waals surface area contributed by atoms with Crippen molar-refractivity contribution in [3.05, 3.63) is 82.8 Å². The van der Waals surface area contributed by atoms with Crippen molar-refractivity contribution in [1.29, 1.82) is 0 Å². The van der Waals surface area contributed by atoms with Crippen molar-refractivity contribution in [3.8, 4) is 11.8 Å². The Morgan fingerprint density at radius 3 is 2.38 bits per heavy atom. The monoisotopic (exact) mass is 704 g/mol. The van der Waals surface area contributed by atoms with E-state index in [9.17, 15) is 9.59 Å². The number of fused-ring (bicyclic) bond motifs is 1. The van der Waals surface area contributed by atoms with Crippen molar-refractivity contribution in [1.82, 2.24) is 14.5 Å². The average molecular weight is 705 g/mol. The average Bonchev–Trinajstić information content (AvgIpc) is 3.64. The van der Waals surface area contributed by atoms with Gasteiger partial charge >= 0.3 is 0 Å². The van der Waals surface area contributed by atoms with Crippen LogP contribution in [-0.4, -0.2) is 66.7 Å². The lowest BCUT2D eigenvalue weighted by atomic mass is 10.2. The summed E-state index contributed by atoms with van der Waals surface area (Å²) in [6, 6.07) is 21.0. The van der Waals surface area contributed by atoms with Crippen molar-refractivity contribution in [2.45, 2.75) is 70.4 Å². The van der Waals surface area contributed by atoms with Gasteiger partial charge in [-0.3, -0.25) is 14.6 Å². The number of Topliss-reactive ketones (excluding diaryl/α,β-unsaturated/α-hetero) is 1. The first kappa shape index (κ1) is 35.9. The molecule has 1 saturated heterocycles. The summed E-state index contributed by atoms with van der Waals surface area (Å²) in [7, 11) is -1.50. The highest BCUT2D eigenvalue weighted by molar-refractivity contribution is 8.28. The third-order valence-corrected chi connectivity index (χ3v) is 14.3. The molecule has 0 spiro atoms. The number of nitrogens with one attached hydrogen (secondary N) is 2. The first-order valence-corrected chi connectivity index (χ1v) is 20.7. The maximum atomic E-state index is 13.3. The summed E-state index contributed by atoms with van der Waals surface area (Å²) < 4.78 is 22.4. The van der Waals surface area contributed by atoms with Gasteiger partial charge in [0.15, 0.2) is 5.65 Å². The minimum Gasteiger partial charge on any atom is -0.405 e. The third-order valence-electron chi connectivity index (χ3n) is 8.56. The molecule has 3 heterocycles. The number of ketones is 1. The number of rotatable bonds is 12. The van der Waals surface area contributed by atoms with Gasteiger partial charge in [0.1, 0.15) is 18.1 Å². The van der Waals surface area contributed by atoms with Gasteiger partial charge in [0, 0.05) is 32.5 Å². The molecular formula is C36H44N4O5S2Si. The van der Waals surface area contributed by atoms with Gasteiger partial charge in [-0.1, -0.05) is 103 Å². The number of ether oxygens (including phenoxy) is 2. The zero-order valence-corrected chi connectivity index (χ0v) is 31.0. The van der Waals surface area contributed by atoms with E-state index in [1.54, 1.807) is 14.0 Å². The predicted octanol–water partition coefficient (Wildman–Crippen LogP) is 4.40. The molecule has 4 aromatic rings. The van der Waals surface area contributed by atoms with Crippen molar-refractivity contribution in [3.63, 3.8) is 0 Å². The molecule has 2 unspecified atom stereocenters. The second kappa shape index (κ2) is 15.4. The lowest BCUT2D eigenvalue weighted by Gasteiger charge is -2.43. The first-order chi connectivity index (χ1) is 22.9. The Kier molecular flexibility index (Phi) is 11.5. The maximum Gasteiger partial charge on any atom is 0.263 e. The SMILES string of the molecule is CNc1nc2c(c(C#CCCC(C)=O)cn2[C@H]2CC(OCS(C)=S)[C@@H](CO[Si](c3ccccc3)(c3ccccc3)C(C)(C)C)O2)c(=O)[nH]1. The fraction of sp³-hybridized carbons (Fsp3) is 0.417. The molecule has 4 atom stereocenters. The van der Waals surface area contributed by atoms with Crippen LogP contribution in [0.4, 0.5) is 5.95 Å². The highest BCUT2D eigenvalue weighted by atomic mass is 32.8. The molecule has 0 radical (unpaired) electrons. The van der Waals surface area contributed by atoms with Gasteiger partial charge in [0.05, 0.1) is 29.6 Å². The highest BCUT2D eigenvalue weighted by Gasteiger charge is 2.51. The molecule has 1 aliphatic rings. The molecule has 2 N–H and O–H groups in total. The van der Waals surface area contributed by atoms with E-state index >= 15 is 0 Å². The van der Waals surface area contributed by atoms with E-state index in [-0.39, 0.29) is 31.9 Å². The smallest absolute Gasteiger partial charge is 0.263 e. The summed E-state index contributed by atoms with van der Waals surface area (Å²) in [5.41, 5.74) is 0.672. The fourth-order valence-corrected chi connectivity index (χ4v) is 11.4. The summed E-state index contributed by atoms with van der Waals surface area (Å²) in [5.74, 6) is 6.97. The van der Waals surface area contributed by atoms with E-state index in [2.05, 4.69) is 91.4 Å².